The zero-order valence-electron chi connectivity index (χ0n) is 4.50. The highest BCUT2D eigenvalue weighted by Gasteiger charge is 1.97. The maximum Gasteiger partial charge on any atom is 0.337 e. The summed E-state index contributed by atoms with van der Waals surface area (Å²) < 4.78 is 6.42. The van der Waals surface area contributed by atoms with Gasteiger partial charge in [-0.15, -0.1) is 4.91 Å². The standard InChI is InChI=1S/C2H5N3O2/c1-5(4-7)2(3)6/h1H3,(H2,3,6)/i1T. The van der Waals surface area contributed by atoms with E-state index >= 15 is 0 Å². The first-order valence-corrected chi connectivity index (χ1v) is 1.42. The Labute approximate surface area is 41.4 Å². The summed E-state index contributed by atoms with van der Waals surface area (Å²) in [6, 6.07) is -1.00. The number of primary amides is 1. The van der Waals surface area contributed by atoms with Gasteiger partial charge in [-0.2, -0.15) is 5.01 Å². The van der Waals surface area contributed by atoms with Gasteiger partial charge in [0.1, 0.15) is 0 Å². The van der Waals surface area contributed by atoms with E-state index in [-0.39, 0.29) is 0 Å². The molecule has 0 fully saturated rings. The summed E-state index contributed by atoms with van der Waals surface area (Å²) in [5.41, 5.74) is 4.53. The van der Waals surface area contributed by atoms with Crippen LogP contribution in [-0.4, -0.2) is 18.1 Å². The molecule has 0 aromatic carbocycles. The van der Waals surface area contributed by atoms with Gasteiger partial charge in [0.25, 0.3) is 0 Å². The number of nitrogens with two attached hydrogens (primary N) is 1. The molecule has 0 aliphatic rings. The van der Waals surface area contributed by atoms with Crippen LogP contribution in [0.15, 0.2) is 5.29 Å². The van der Waals surface area contributed by atoms with Gasteiger partial charge in [-0.25, -0.2) is 4.79 Å². The molecule has 0 aromatic heterocycles. The van der Waals surface area contributed by atoms with Gasteiger partial charge in [0.15, 0.2) is 0 Å². The number of amides is 2. The fourth-order valence-corrected chi connectivity index (χ4v) is 0.0402. The lowest BCUT2D eigenvalue weighted by molar-refractivity contribution is 0.220. The molecule has 2 N–H and O–H groups in total. The molecule has 7 heavy (non-hydrogen) atoms. The number of hydrogen-bond acceptors (Lipinski definition) is 3. The minimum absolute atomic E-state index is 0.292. The molecule has 40 valence electrons. The number of carbonyl (C=O) groups is 1. The van der Waals surface area contributed by atoms with Crippen molar-refractivity contribution in [2.24, 2.45) is 11.0 Å². The van der Waals surface area contributed by atoms with E-state index in [1.807, 2.05) is 0 Å². The van der Waals surface area contributed by atoms with Gasteiger partial charge in [-0.3, -0.25) is 0 Å². The summed E-state index contributed by atoms with van der Waals surface area (Å²) in [7, 11) is -0.529. The van der Waals surface area contributed by atoms with Crippen LogP contribution in [0.1, 0.15) is 1.37 Å². The van der Waals surface area contributed by atoms with E-state index in [1.54, 1.807) is 0 Å². The van der Waals surface area contributed by atoms with Gasteiger partial charge in [0.2, 0.25) is 0 Å². The third-order valence-corrected chi connectivity index (χ3v) is 0.353. The number of carbonyl (C=O) groups excluding carboxylic acids is 1. The van der Waals surface area contributed by atoms with Crippen molar-refractivity contribution in [1.82, 2.24) is 5.01 Å². The number of nitroso groups, excluding NO2 is 1. The van der Waals surface area contributed by atoms with Gasteiger partial charge in [0, 0.05) is 8.39 Å². The van der Waals surface area contributed by atoms with Crippen LogP contribution in [0, 0.1) is 4.91 Å². The Balaban J connectivity index is 3.69. The highest BCUT2D eigenvalue weighted by molar-refractivity contribution is 5.70. The van der Waals surface area contributed by atoms with Crippen molar-refractivity contribution in [3.05, 3.63) is 4.91 Å². The second-order valence-electron chi connectivity index (χ2n) is 0.819. The van der Waals surface area contributed by atoms with Crippen molar-refractivity contribution in [2.75, 3.05) is 7.02 Å². The molecule has 0 unspecified atom stereocenters. The highest BCUT2D eigenvalue weighted by Crippen LogP contribution is 1.76. The number of nitrogens with zero attached hydrogens (tertiary/aromatic N) is 2. The van der Waals surface area contributed by atoms with E-state index in [1.165, 1.54) is 0 Å². The van der Waals surface area contributed by atoms with E-state index in [4.69, 9.17) is 1.37 Å². The monoisotopic (exact) mass is 105 g/mol. The molecule has 0 rings (SSSR count). The third-order valence-electron chi connectivity index (χ3n) is 0.353. The largest absolute Gasteiger partial charge is 0.350 e. The zero-order chi connectivity index (χ0) is 6.57. The Kier molecular flexibility index (Phi) is 1.22. The molecule has 0 atom stereocenters. The molecule has 0 aliphatic carbocycles. The average Bonchev–Trinajstić information content (AvgIpc) is 1.69. The van der Waals surface area contributed by atoms with Crippen LogP contribution in [0.5, 0.6) is 0 Å². The predicted octanol–water partition coefficient (Wildman–Crippen LogP) is -0.322. The molecular formula is C2H5N3O2. The van der Waals surface area contributed by atoms with E-state index in [0.29, 0.717) is 5.01 Å². The summed E-state index contributed by atoms with van der Waals surface area (Å²) in [5.74, 6) is 0. The lowest BCUT2D eigenvalue weighted by Gasteiger charge is -1.97. The molecule has 0 bridgehead atoms. The quantitative estimate of drug-likeness (QED) is 0.366. The van der Waals surface area contributed by atoms with Gasteiger partial charge in [0.05, 0.1) is 5.29 Å². The van der Waals surface area contributed by atoms with Crippen molar-refractivity contribution >= 4 is 6.03 Å². The summed E-state index contributed by atoms with van der Waals surface area (Å²) in [6.45, 7) is 0. The van der Waals surface area contributed by atoms with E-state index < -0.39 is 13.1 Å². The van der Waals surface area contributed by atoms with Gasteiger partial charge >= 0.3 is 6.03 Å². The molecule has 5 nitrogen and oxygen atoms in total. The van der Waals surface area contributed by atoms with E-state index in [2.05, 4.69) is 11.0 Å². The van der Waals surface area contributed by atoms with Crippen LogP contribution in [0.4, 0.5) is 4.79 Å². The Morgan fingerprint density at radius 3 is 2.71 bits per heavy atom. The molecule has 0 heterocycles. The number of rotatable bonds is 1. The summed E-state index contributed by atoms with van der Waals surface area (Å²) in [4.78, 5) is 19.3. The maximum absolute atomic E-state index is 9.90. The molecule has 0 saturated carbocycles. The molecule has 0 radical (unpaired) electrons. The van der Waals surface area contributed by atoms with E-state index in [9.17, 15) is 9.70 Å². The lowest BCUT2D eigenvalue weighted by atomic mass is 11.0. The topological polar surface area (TPSA) is 75.8 Å². The van der Waals surface area contributed by atoms with Crippen molar-refractivity contribution in [2.45, 2.75) is 0 Å². The van der Waals surface area contributed by atoms with Crippen LogP contribution < -0.4 is 5.73 Å². The van der Waals surface area contributed by atoms with Crippen LogP contribution in [0.25, 0.3) is 0 Å². The average molecular weight is 105 g/mol. The number of hydrogen-bond donors (Lipinski definition) is 1. The Hall–Kier alpha value is -1.13. The zero-order valence-corrected chi connectivity index (χ0v) is 3.50. The van der Waals surface area contributed by atoms with Crippen LogP contribution in [0.3, 0.4) is 0 Å². The molecule has 0 spiro atoms. The lowest BCUT2D eigenvalue weighted by Crippen LogP contribution is -2.26. The van der Waals surface area contributed by atoms with Gasteiger partial charge in [-0.05, 0) is 0 Å². The first kappa shape index (κ1) is 4.04. The molecule has 2 amide bonds. The molecular weight excluding hydrogens is 98.0 g/mol. The van der Waals surface area contributed by atoms with Crippen LogP contribution >= 0.6 is 0 Å². The first-order chi connectivity index (χ1) is 3.72. The summed E-state index contributed by atoms with van der Waals surface area (Å²) in [5, 5.41) is 2.42. The molecule has 0 aliphatic heterocycles. The second kappa shape index (κ2) is 2.12. The van der Waals surface area contributed by atoms with Crippen molar-refractivity contribution in [3.8, 4) is 0 Å². The minimum Gasteiger partial charge on any atom is -0.350 e. The van der Waals surface area contributed by atoms with Crippen molar-refractivity contribution in [3.63, 3.8) is 0 Å². The summed E-state index contributed by atoms with van der Waals surface area (Å²) >= 11 is 0. The summed E-state index contributed by atoms with van der Waals surface area (Å²) in [6.07, 6.45) is 0. The van der Waals surface area contributed by atoms with Crippen LogP contribution in [-0.2, 0) is 0 Å². The maximum atomic E-state index is 9.90. The fourth-order valence-electron chi connectivity index (χ4n) is 0.0402. The SMILES string of the molecule is [3H]CN(N=O)C(N)=O. The van der Waals surface area contributed by atoms with Crippen molar-refractivity contribution in [1.29, 1.82) is 0 Å². The highest BCUT2D eigenvalue weighted by atomic mass is 16.3. The predicted molar refractivity (Wildman–Crippen MR) is 23.1 cm³/mol. The minimum atomic E-state index is -1.00. The molecule has 0 saturated heterocycles. The normalized spacial score (nSPS) is 9.43. The number of urea groups is 1. The smallest absolute Gasteiger partial charge is 0.337 e. The Morgan fingerprint density at radius 1 is 2.14 bits per heavy atom. The third kappa shape index (κ3) is 1.69. The Morgan fingerprint density at radius 2 is 2.71 bits per heavy atom. The molecule has 0 aromatic rings. The van der Waals surface area contributed by atoms with E-state index in [0.717, 1.165) is 0 Å². The Bertz CT molecular complexity index is 105. The second-order valence-corrected chi connectivity index (χ2v) is 0.819. The van der Waals surface area contributed by atoms with Crippen LogP contribution in [0.2, 0.25) is 0 Å². The van der Waals surface area contributed by atoms with Crippen molar-refractivity contribution < 1.29 is 6.17 Å². The fraction of sp³-hybridized carbons (Fsp3) is 0.500. The van der Waals surface area contributed by atoms with Gasteiger partial charge in [-0.1, -0.05) is 0 Å². The molecule has 5 heteroatoms. The first-order valence-electron chi connectivity index (χ1n) is 2.12. The van der Waals surface area contributed by atoms with Gasteiger partial charge < -0.3 is 5.73 Å².